The van der Waals surface area contributed by atoms with Gasteiger partial charge in [-0.15, -0.1) is 0 Å². The first-order valence-corrected chi connectivity index (χ1v) is 12.8. The van der Waals surface area contributed by atoms with Gasteiger partial charge in [0.15, 0.2) is 11.5 Å². The largest absolute Gasteiger partial charge is 0.493 e. The lowest BCUT2D eigenvalue weighted by atomic mass is 10.1. The minimum absolute atomic E-state index is 0.196. The lowest BCUT2D eigenvalue weighted by Crippen LogP contribution is -2.54. The third-order valence-corrected chi connectivity index (χ3v) is 7.24. The summed E-state index contributed by atoms with van der Waals surface area (Å²) in [5.41, 5.74) is 4.81. The van der Waals surface area contributed by atoms with Crippen LogP contribution in [-0.4, -0.2) is 25.0 Å². The van der Waals surface area contributed by atoms with E-state index in [9.17, 15) is 14.4 Å². The number of hydrogen-bond acceptors (Lipinski definition) is 5. The summed E-state index contributed by atoms with van der Waals surface area (Å²) in [6.45, 7) is 6.27. The fourth-order valence-electron chi connectivity index (χ4n) is 3.79. The number of urea groups is 1. The number of nitrogens with zero attached hydrogens (tertiary/aromatic N) is 1. The van der Waals surface area contributed by atoms with Crippen LogP contribution in [0.1, 0.15) is 27.8 Å². The molecule has 37 heavy (non-hydrogen) atoms. The Morgan fingerprint density at radius 1 is 0.973 bits per heavy atom. The van der Waals surface area contributed by atoms with Crippen LogP contribution in [0.5, 0.6) is 11.5 Å². The Bertz CT molecular complexity index is 1470. The zero-order valence-corrected chi connectivity index (χ0v) is 23.6. The number of halogens is 2. The number of aryl methyl sites for hydroxylation is 3. The van der Waals surface area contributed by atoms with Gasteiger partial charge in [0, 0.05) is 5.02 Å². The molecule has 1 aliphatic rings. The highest BCUT2D eigenvalue weighted by Crippen LogP contribution is 2.36. The third kappa shape index (κ3) is 5.65. The zero-order valence-electron chi connectivity index (χ0n) is 20.6. The second-order valence-electron chi connectivity index (χ2n) is 8.63. The molecule has 0 atom stereocenters. The normalized spacial score (nSPS) is 14.7. The van der Waals surface area contributed by atoms with Gasteiger partial charge < -0.3 is 9.47 Å². The number of benzene rings is 3. The molecule has 0 aliphatic carbocycles. The SMILES string of the molecule is COc1cc(/C=C2\C(=O)NC(=O)N(c3ccc(C)c(Cl)c3)C2=O)cc(I)c1OCc1ccc(C)c(C)c1. The number of amides is 4. The van der Waals surface area contributed by atoms with Crippen molar-refractivity contribution < 1.29 is 23.9 Å². The quantitative estimate of drug-likeness (QED) is 0.202. The number of nitrogens with one attached hydrogen (secondary N) is 1. The molecule has 0 unspecified atom stereocenters. The van der Waals surface area contributed by atoms with Gasteiger partial charge in [-0.3, -0.25) is 14.9 Å². The van der Waals surface area contributed by atoms with E-state index in [0.717, 1.165) is 19.6 Å². The number of carbonyl (C=O) groups is 3. The molecule has 1 aliphatic heterocycles. The van der Waals surface area contributed by atoms with Crippen LogP contribution < -0.4 is 19.7 Å². The van der Waals surface area contributed by atoms with E-state index in [2.05, 4.69) is 53.9 Å². The van der Waals surface area contributed by atoms with Crippen LogP contribution in [0.25, 0.3) is 6.08 Å². The van der Waals surface area contributed by atoms with E-state index in [1.165, 1.54) is 30.4 Å². The van der Waals surface area contributed by atoms with Crippen LogP contribution >= 0.6 is 34.2 Å². The smallest absolute Gasteiger partial charge is 0.335 e. The maximum atomic E-state index is 13.2. The lowest BCUT2D eigenvalue weighted by molar-refractivity contribution is -0.122. The molecular formula is C28H24ClIN2O5. The highest BCUT2D eigenvalue weighted by atomic mass is 127. The van der Waals surface area contributed by atoms with Gasteiger partial charge in [-0.25, -0.2) is 9.69 Å². The lowest BCUT2D eigenvalue weighted by Gasteiger charge is -2.26. The molecule has 0 spiro atoms. The molecule has 4 rings (SSSR count). The molecule has 1 fully saturated rings. The van der Waals surface area contributed by atoms with Crippen LogP contribution in [0.15, 0.2) is 54.1 Å². The fourth-order valence-corrected chi connectivity index (χ4v) is 4.75. The Balaban J connectivity index is 1.64. The number of imide groups is 2. The third-order valence-electron chi connectivity index (χ3n) is 6.03. The molecule has 4 amide bonds. The van der Waals surface area contributed by atoms with E-state index in [-0.39, 0.29) is 11.3 Å². The summed E-state index contributed by atoms with van der Waals surface area (Å²) in [5, 5.41) is 2.62. The van der Waals surface area contributed by atoms with Crippen LogP contribution in [0.4, 0.5) is 10.5 Å². The van der Waals surface area contributed by atoms with Gasteiger partial charge in [0.2, 0.25) is 0 Å². The molecule has 1 heterocycles. The van der Waals surface area contributed by atoms with Crippen molar-refractivity contribution in [2.24, 2.45) is 0 Å². The molecule has 3 aromatic rings. The molecule has 0 aromatic heterocycles. The minimum atomic E-state index is -0.839. The van der Waals surface area contributed by atoms with Gasteiger partial charge in [0.05, 0.1) is 16.4 Å². The Labute approximate surface area is 233 Å². The summed E-state index contributed by atoms with van der Waals surface area (Å²) >= 11 is 8.31. The summed E-state index contributed by atoms with van der Waals surface area (Å²) < 4.78 is 12.4. The van der Waals surface area contributed by atoms with E-state index in [4.69, 9.17) is 21.1 Å². The molecule has 1 saturated heterocycles. The molecule has 190 valence electrons. The van der Waals surface area contributed by atoms with Crippen LogP contribution in [0.2, 0.25) is 5.02 Å². The molecule has 0 bridgehead atoms. The Morgan fingerprint density at radius 3 is 2.38 bits per heavy atom. The Kier molecular flexibility index (Phi) is 7.89. The highest BCUT2D eigenvalue weighted by Gasteiger charge is 2.37. The second-order valence-corrected chi connectivity index (χ2v) is 10.2. The van der Waals surface area contributed by atoms with Crippen molar-refractivity contribution in [1.82, 2.24) is 5.32 Å². The summed E-state index contributed by atoms with van der Waals surface area (Å²) in [7, 11) is 1.52. The number of hydrogen-bond donors (Lipinski definition) is 1. The first kappa shape index (κ1) is 26.7. The summed E-state index contributed by atoms with van der Waals surface area (Å²) in [4.78, 5) is 39.2. The number of carbonyl (C=O) groups excluding carboxylic acids is 3. The average molecular weight is 631 g/mol. The average Bonchev–Trinajstić information content (AvgIpc) is 2.85. The first-order valence-electron chi connectivity index (χ1n) is 11.3. The van der Waals surface area contributed by atoms with E-state index in [1.807, 2.05) is 13.0 Å². The van der Waals surface area contributed by atoms with Crippen molar-refractivity contribution in [3.8, 4) is 11.5 Å². The Hall–Kier alpha value is -3.37. The van der Waals surface area contributed by atoms with Gasteiger partial charge in [-0.05, 0) is 102 Å². The van der Waals surface area contributed by atoms with Crippen LogP contribution in [-0.2, 0) is 16.2 Å². The van der Waals surface area contributed by atoms with Crippen molar-refractivity contribution in [2.45, 2.75) is 27.4 Å². The molecular weight excluding hydrogens is 607 g/mol. The van der Waals surface area contributed by atoms with Crippen molar-refractivity contribution in [2.75, 3.05) is 12.0 Å². The fraction of sp³-hybridized carbons (Fsp3) is 0.179. The molecule has 0 radical (unpaired) electrons. The summed E-state index contributed by atoms with van der Waals surface area (Å²) in [6, 6.07) is 13.6. The predicted octanol–water partition coefficient (Wildman–Crippen LogP) is 6.12. The van der Waals surface area contributed by atoms with E-state index >= 15 is 0 Å². The van der Waals surface area contributed by atoms with Gasteiger partial charge in [-0.2, -0.15) is 0 Å². The monoisotopic (exact) mass is 630 g/mol. The zero-order chi connectivity index (χ0) is 26.9. The van der Waals surface area contributed by atoms with Crippen LogP contribution in [0.3, 0.4) is 0 Å². The number of methoxy groups -OCH3 is 1. The van der Waals surface area contributed by atoms with Crippen molar-refractivity contribution >= 4 is 63.8 Å². The van der Waals surface area contributed by atoms with Gasteiger partial charge in [0.25, 0.3) is 11.8 Å². The minimum Gasteiger partial charge on any atom is -0.493 e. The highest BCUT2D eigenvalue weighted by molar-refractivity contribution is 14.1. The van der Waals surface area contributed by atoms with E-state index < -0.39 is 17.8 Å². The first-order chi connectivity index (χ1) is 17.6. The standard InChI is InChI=1S/C28H24ClIN2O5/c1-15-5-7-18(9-17(15)3)14-37-25-23(30)11-19(12-24(25)36-4)10-21-26(33)31-28(35)32(27(21)34)20-8-6-16(2)22(29)13-20/h5-13H,14H2,1-4H3,(H,31,33,35)/b21-10+. The number of rotatable bonds is 6. The van der Waals surface area contributed by atoms with Crippen LogP contribution in [0, 0.1) is 24.3 Å². The topological polar surface area (TPSA) is 84.9 Å². The summed E-state index contributed by atoms with van der Waals surface area (Å²) in [5.74, 6) is -0.537. The van der Waals surface area contributed by atoms with Crippen molar-refractivity contribution in [3.05, 3.63) is 90.5 Å². The molecule has 1 N–H and O–H groups in total. The predicted molar refractivity (Wildman–Crippen MR) is 151 cm³/mol. The van der Waals surface area contributed by atoms with E-state index in [0.29, 0.717) is 28.7 Å². The molecule has 9 heteroatoms. The van der Waals surface area contributed by atoms with Crippen molar-refractivity contribution in [3.63, 3.8) is 0 Å². The molecule has 7 nitrogen and oxygen atoms in total. The van der Waals surface area contributed by atoms with Gasteiger partial charge in [-0.1, -0.05) is 35.9 Å². The number of barbiturate groups is 1. The van der Waals surface area contributed by atoms with Crippen molar-refractivity contribution in [1.29, 1.82) is 0 Å². The van der Waals surface area contributed by atoms with Gasteiger partial charge >= 0.3 is 6.03 Å². The number of anilines is 1. The molecule has 3 aromatic carbocycles. The second kappa shape index (κ2) is 10.9. The molecule has 0 saturated carbocycles. The maximum absolute atomic E-state index is 13.2. The number of ether oxygens (including phenoxy) is 2. The maximum Gasteiger partial charge on any atom is 0.335 e. The van der Waals surface area contributed by atoms with E-state index in [1.54, 1.807) is 24.3 Å². The summed E-state index contributed by atoms with van der Waals surface area (Å²) in [6.07, 6.45) is 1.42. The Morgan fingerprint density at radius 2 is 1.70 bits per heavy atom. The van der Waals surface area contributed by atoms with Gasteiger partial charge in [0.1, 0.15) is 12.2 Å².